The highest BCUT2D eigenvalue weighted by molar-refractivity contribution is 6.05. The molecule has 0 radical (unpaired) electrons. The third kappa shape index (κ3) is 4.09. The van der Waals surface area contributed by atoms with Gasteiger partial charge < -0.3 is 20.1 Å². The van der Waals surface area contributed by atoms with Gasteiger partial charge in [0.15, 0.2) is 5.69 Å². The van der Waals surface area contributed by atoms with Crippen LogP contribution in [0.4, 0.5) is 5.69 Å². The van der Waals surface area contributed by atoms with Crippen LogP contribution in [0, 0.1) is 30.6 Å². The Morgan fingerprint density at radius 2 is 1.66 bits per heavy atom. The molecule has 38 heavy (non-hydrogen) atoms. The van der Waals surface area contributed by atoms with Gasteiger partial charge in [-0.25, -0.2) is 9.78 Å². The molecule has 7 saturated carbocycles. The fourth-order valence-electron chi connectivity index (χ4n) is 9.17. The van der Waals surface area contributed by atoms with Crippen molar-refractivity contribution < 1.29 is 19.4 Å². The van der Waals surface area contributed by atoms with Gasteiger partial charge >= 0.3 is 5.97 Å². The van der Waals surface area contributed by atoms with Crippen LogP contribution in [0.3, 0.4) is 0 Å². The zero-order chi connectivity index (χ0) is 26.1. The second-order valence-electron chi connectivity index (χ2n) is 13.3. The maximum absolute atomic E-state index is 13.7. The number of nitrogens with one attached hydrogen (secondary N) is 2. The fraction of sp³-hybridized carbons (Fsp3) is 0.645. The lowest BCUT2D eigenvalue weighted by molar-refractivity contribution is -0.169. The van der Waals surface area contributed by atoms with Crippen molar-refractivity contribution in [3.8, 4) is 0 Å². The molecule has 1 aromatic heterocycles. The van der Waals surface area contributed by atoms with E-state index < -0.39 is 5.97 Å². The molecule has 0 unspecified atom stereocenters. The Morgan fingerprint density at radius 3 is 2.26 bits per heavy atom. The van der Waals surface area contributed by atoms with Crippen LogP contribution in [0.5, 0.6) is 0 Å². The standard InChI is InChI=1S/C31H39N3O4/c1-18-23(28(36)37)3-2-4-24(18)32-27(35)26-25(33-29(34-26)30-8-5-19(6-9-30)7-10-30)17-38-31-14-20-11-21(15-31)13-22(12-20)16-31/h2-4,19-22H,5-17H2,1H3,(H,32,35)(H,33,34)(H,36,37). The van der Waals surface area contributed by atoms with Gasteiger partial charge in [0, 0.05) is 11.1 Å². The van der Waals surface area contributed by atoms with E-state index in [0.717, 1.165) is 73.7 Å². The number of carboxylic acids is 1. The normalized spacial score (nSPS) is 35.0. The molecular weight excluding hydrogens is 478 g/mol. The summed E-state index contributed by atoms with van der Waals surface area (Å²) in [6.07, 6.45) is 14.6. The average molecular weight is 518 g/mol. The smallest absolute Gasteiger partial charge is 0.336 e. The van der Waals surface area contributed by atoms with Gasteiger partial charge in [-0.2, -0.15) is 0 Å². The second-order valence-corrected chi connectivity index (χ2v) is 13.3. The fourth-order valence-corrected chi connectivity index (χ4v) is 9.17. The summed E-state index contributed by atoms with van der Waals surface area (Å²) in [6, 6.07) is 4.97. The van der Waals surface area contributed by atoms with Crippen LogP contribution in [0.25, 0.3) is 0 Å². The third-order valence-electron chi connectivity index (χ3n) is 10.9. The lowest BCUT2D eigenvalue weighted by Crippen LogP contribution is -2.51. The Kier molecular flexibility index (Phi) is 5.73. The van der Waals surface area contributed by atoms with Crippen LogP contribution >= 0.6 is 0 Å². The zero-order valence-electron chi connectivity index (χ0n) is 22.4. The van der Waals surface area contributed by atoms with Crippen molar-refractivity contribution in [1.29, 1.82) is 0 Å². The van der Waals surface area contributed by atoms with Crippen molar-refractivity contribution in [3.05, 3.63) is 46.5 Å². The molecule has 7 aliphatic carbocycles. The van der Waals surface area contributed by atoms with E-state index in [1.54, 1.807) is 25.1 Å². The molecule has 0 aliphatic heterocycles. The minimum absolute atomic E-state index is 0.0296. The number of nitrogens with zero attached hydrogens (tertiary/aromatic N) is 1. The lowest BCUT2D eigenvalue weighted by atomic mass is 9.54. The van der Waals surface area contributed by atoms with E-state index in [2.05, 4.69) is 10.3 Å². The van der Waals surface area contributed by atoms with Crippen LogP contribution in [0.1, 0.15) is 115 Å². The number of benzene rings is 1. The number of carbonyl (C=O) groups is 2. The van der Waals surface area contributed by atoms with Gasteiger partial charge in [-0.3, -0.25) is 4.79 Å². The zero-order valence-corrected chi connectivity index (χ0v) is 22.4. The molecule has 7 aliphatic rings. The molecule has 6 bridgehead atoms. The van der Waals surface area contributed by atoms with Gasteiger partial charge in [0.05, 0.1) is 23.5 Å². The number of aromatic amines is 1. The van der Waals surface area contributed by atoms with Crippen molar-refractivity contribution in [1.82, 2.24) is 9.97 Å². The Labute approximate surface area is 224 Å². The van der Waals surface area contributed by atoms with Crippen LogP contribution in [0.15, 0.2) is 18.2 Å². The van der Waals surface area contributed by atoms with Gasteiger partial charge in [-0.05, 0) is 125 Å². The average Bonchev–Trinajstić information content (AvgIpc) is 3.34. The van der Waals surface area contributed by atoms with Crippen molar-refractivity contribution >= 4 is 17.6 Å². The van der Waals surface area contributed by atoms with E-state index in [1.165, 1.54) is 38.5 Å². The number of fused-ring (bicyclic) bond motifs is 3. The molecule has 7 fully saturated rings. The van der Waals surface area contributed by atoms with Crippen molar-refractivity contribution in [2.24, 2.45) is 23.7 Å². The van der Waals surface area contributed by atoms with Crippen molar-refractivity contribution in [2.75, 3.05) is 5.32 Å². The van der Waals surface area contributed by atoms with E-state index in [1.807, 2.05) is 0 Å². The highest BCUT2D eigenvalue weighted by Crippen LogP contribution is 2.57. The highest BCUT2D eigenvalue weighted by Gasteiger charge is 2.52. The van der Waals surface area contributed by atoms with Crippen molar-refractivity contribution in [2.45, 2.75) is 102 Å². The summed E-state index contributed by atoms with van der Waals surface area (Å²) in [4.78, 5) is 33.9. The molecule has 2 aromatic rings. The number of anilines is 1. The van der Waals surface area contributed by atoms with Crippen LogP contribution < -0.4 is 5.32 Å². The minimum atomic E-state index is -1.00. The number of rotatable bonds is 7. The minimum Gasteiger partial charge on any atom is -0.478 e. The summed E-state index contributed by atoms with van der Waals surface area (Å²) >= 11 is 0. The molecule has 202 valence electrons. The predicted octanol–water partition coefficient (Wildman–Crippen LogP) is 6.38. The summed E-state index contributed by atoms with van der Waals surface area (Å²) in [5, 5.41) is 12.5. The first-order chi connectivity index (χ1) is 18.3. The molecule has 1 heterocycles. The number of aromatic nitrogens is 2. The molecule has 7 heteroatoms. The largest absolute Gasteiger partial charge is 0.478 e. The van der Waals surface area contributed by atoms with Gasteiger partial charge in [0.2, 0.25) is 0 Å². The predicted molar refractivity (Wildman–Crippen MR) is 143 cm³/mol. The first-order valence-electron chi connectivity index (χ1n) is 14.7. The molecule has 3 N–H and O–H groups in total. The summed E-state index contributed by atoms with van der Waals surface area (Å²) in [6.45, 7) is 2.10. The Bertz CT molecular complexity index is 1220. The Morgan fingerprint density at radius 1 is 1.03 bits per heavy atom. The van der Waals surface area contributed by atoms with Crippen LogP contribution in [-0.4, -0.2) is 32.6 Å². The molecule has 1 aromatic carbocycles. The number of amides is 1. The molecule has 0 spiro atoms. The van der Waals surface area contributed by atoms with Crippen molar-refractivity contribution in [3.63, 3.8) is 0 Å². The number of aromatic carboxylic acids is 1. The van der Waals surface area contributed by atoms with E-state index in [0.29, 0.717) is 23.6 Å². The number of imidazole rings is 1. The van der Waals surface area contributed by atoms with E-state index in [9.17, 15) is 14.7 Å². The van der Waals surface area contributed by atoms with Gasteiger partial charge in [-0.15, -0.1) is 0 Å². The number of carboxylic acid groups (broad SMARTS) is 1. The number of hydrogen-bond donors (Lipinski definition) is 3. The number of ether oxygens (including phenoxy) is 1. The second kappa shape index (κ2) is 8.94. The summed E-state index contributed by atoms with van der Waals surface area (Å²) < 4.78 is 6.79. The Hall–Kier alpha value is -2.67. The monoisotopic (exact) mass is 517 g/mol. The molecule has 0 saturated heterocycles. The quantitative estimate of drug-likeness (QED) is 0.396. The summed E-state index contributed by atoms with van der Waals surface area (Å²) in [5.41, 5.74) is 2.37. The highest BCUT2D eigenvalue weighted by atomic mass is 16.5. The first kappa shape index (κ1) is 24.4. The van der Waals surface area contributed by atoms with Gasteiger partial charge in [0.25, 0.3) is 5.91 Å². The molecule has 1 amide bonds. The van der Waals surface area contributed by atoms with E-state index in [-0.39, 0.29) is 22.5 Å². The maximum Gasteiger partial charge on any atom is 0.336 e. The molecular formula is C31H39N3O4. The van der Waals surface area contributed by atoms with Crippen LogP contribution in [-0.2, 0) is 16.8 Å². The lowest BCUT2D eigenvalue weighted by Gasteiger charge is -2.56. The van der Waals surface area contributed by atoms with Crippen LogP contribution in [0.2, 0.25) is 0 Å². The molecule has 9 rings (SSSR count). The summed E-state index contributed by atoms with van der Waals surface area (Å²) in [7, 11) is 0. The van der Waals surface area contributed by atoms with E-state index >= 15 is 0 Å². The SMILES string of the molecule is Cc1c(NC(=O)c2nc(C34CCC(CC3)CC4)[nH]c2COC23CC4CC(CC(C4)C2)C3)cccc1C(=O)O. The topological polar surface area (TPSA) is 104 Å². The number of H-pyrrole nitrogens is 1. The molecule has 7 nitrogen and oxygen atoms in total. The van der Waals surface area contributed by atoms with E-state index in [4.69, 9.17) is 9.72 Å². The number of carbonyl (C=O) groups excluding carboxylic acids is 1. The van der Waals surface area contributed by atoms with Gasteiger partial charge in [-0.1, -0.05) is 6.07 Å². The Balaban J connectivity index is 1.18. The third-order valence-corrected chi connectivity index (χ3v) is 10.9. The summed E-state index contributed by atoms with van der Waals surface area (Å²) in [5.74, 6) is 2.87. The number of hydrogen-bond acceptors (Lipinski definition) is 4. The van der Waals surface area contributed by atoms with Gasteiger partial charge in [0.1, 0.15) is 5.82 Å². The maximum atomic E-state index is 13.7. The first-order valence-corrected chi connectivity index (χ1v) is 14.7. The molecule has 0 atom stereocenters.